The molecule has 2 aromatic heterocycles. The Morgan fingerprint density at radius 2 is 1.66 bits per heavy atom. The SMILES string of the molecule is Clc1cc2c(cc1Cl)NC(c1ccc[nH+]c1N1CCC(c3nc4ccccc4[nH]3)CC1)N2. The van der Waals surface area contributed by atoms with Crippen LogP contribution < -0.4 is 20.5 Å². The van der Waals surface area contributed by atoms with Crippen molar-refractivity contribution in [3.8, 4) is 0 Å². The van der Waals surface area contributed by atoms with Crippen molar-refractivity contribution < 1.29 is 4.98 Å². The molecule has 6 rings (SSSR count). The summed E-state index contributed by atoms with van der Waals surface area (Å²) in [6.45, 7) is 1.93. The average molecular weight is 466 g/mol. The van der Waals surface area contributed by atoms with E-state index >= 15 is 0 Å². The van der Waals surface area contributed by atoms with Gasteiger partial charge in [-0.25, -0.2) is 9.97 Å². The van der Waals surface area contributed by atoms with Crippen molar-refractivity contribution in [2.45, 2.75) is 24.9 Å². The molecule has 2 aliphatic rings. The molecule has 4 heterocycles. The highest BCUT2D eigenvalue weighted by atomic mass is 35.5. The smallest absolute Gasteiger partial charge is 0.281 e. The van der Waals surface area contributed by atoms with E-state index in [0.717, 1.165) is 65.5 Å². The highest BCUT2D eigenvalue weighted by Crippen LogP contribution is 2.41. The van der Waals surface area contributed by atoms with Gasteiger partial charge in [-0.05, 0) is 49.2 Å². The summed E-state index contributed by atoms with van der Waals surface area (Å²) in [4.78, 5) is 14.3. The lowest BCUT2D eigenvalue weighted by molar-refractivity contribution is -0.365. The summed E-state index contributed by atoms with van der Waals surface area (Å²) in [7, 11) is 0. The third-order valence-electron chi connectivity index (χ3n) is 6.44. The summed E-state index contributed by atoms with van der Waals surface area (Å²) >= 11 is 12.4. The molecular weight excluding hydrogens is 443 g/mol. The van der Waals surface area contributed by atoms with Gasteiger partial charge in [0.2, 0.25) is 0 Å². The minimum Gasteiger partial charge on any atom is -0.360 e. The third-order valence-corrected chi connectivity index (χ3v) is 7.16. The number of pyridine rings is 1. The maximum absolute atomic E-state index is 6.21. The number of halogens is 2. The first-order valence-electron chi connectivity index (χ1n) is 10.9. The number of imidazole rings is 1. The monoisotopic (exact) mass is 465 g/mol. The van der Waals surface area contributed by atoms with Crippen LogP contribution in [0, 0.1) is 0 Å². The fourth-order valence-electron chi connectivity index (χ4n) is 4.78. The van der Waals surface area contributed by atoms with Crippen LogP contribution in [0.25, 0.3) is 11.0 Å². The first-order chi connectivity index (χ1) is 15.7. The molecule has 0 bridgehead atoms. The van der Waals surface area contributed by atoms with Gasteiger partial charge in [0, 0.05) is 5.92 Å². The van der Waals surface area contributed by atoms with Crippen molar-refractivity contribution in [2.75, 3.05) is 28.6 Å². The molecular formula is C24H23Cl2N6+. The minimum atomic E-state index is -0.0555. The van der Waals surface area contributed by atoms with E-state index in [-0.39, 0.29) is 6.17 Å². The van der Waals surface area contributed by atoms with Crippen molar-refractivity contribution in [1.29, 1.82) is 0 Å². The summed E-state index contributed by atoms with van der Waals surface area (Å²) in [6, 6.07) is 16.2. The quantitative estimate of drug-likeness (QED) is 0.368. The van der Waals surface area contributed by atoms with Gasteiger partial charge >= 0.3 is 0 Å². The predicted octanol–water partition coefficient (Wildman–Crippen LogP) is 5.60. The van der Waals surface area contributed by atoms with Crippen molar-refractivity contribution in [2.24, 2.45) is 0 Å². The lowest BCUT2D eigenvalue weighted by Crippen LogP contribution is -2.38. The number of nitrogens with zero attached hydrogens (tertiary/aromatic N) is 2. The second-order valence-electron chi connectivity index (χ2n) is 8.41. The van der Waals surface area contributed by atoms with Gasteiger partial charge in [-0.1, -0.05) is 35.3 Å². The Kier molecular flexibility index (Phi) is 4.85. The number of anilines is 3. The molecule has 6 nitrogen and oxygen atoms in total. The predicted molar refractivity (Wildman–Crippen MR) is 130 cm³/mol. The van der Waals surface area contributed by atoms with E-state index in [2.05, 4.69) is 43.7 Å². The number of hydrogen-bond acceptors (Lipinski definition) is 4. The number of para-hydroxylation sites is 2. The second kappa shape index (κ2) is 7.87. The number of aromatic nitrogens is 3. The third kappa shape index (κ3) is 3.44. The first-order valence-corrected chi connectivity index (χ1v) is 11.6. The number of aromatic amines is 2. The van der Waals surface area contributed by atoms with Crippen LogP contribution in [-0.4, -0.2) is 23.1 Å². The molecule has 4 aromatic rings. The maximum Gasteiger partial charge on any atom is 0.281 e. The van der Waals surface area contributed by atoms with E-state index in [1.807, 2.05) is 36.5 Å². The molecule has 162 valence electrons. The lowest BCUT2D eigenvalue weighted by Gasteiger charge is -2.28. The van der Waals surface area contributed by atoms with Gasteiger partial charge in [-0.3, -0.25) is 4.90 Å². The Bertz CT molecular complexity index is 1230. The topological polar surface area (TPSA) is 70.1 Å². The summed E-state index contributed by atoms with van der Waals surface area (Å²) < 4.78 is 0. The van der Waals surface area contributed by atoms with E-state index in [1.54, 1.807) is 0 Å². The average Bonchev–Trinajstić information content (AvgIpc) is 3.43. The molecule has 0 aliphatic carbocycles. The van der Waals surface area contributed by atoms with Crippen LogP contribution in [-0.2, 0) is 0 Å². The fourth-order valence-corrected chi connectivity index (χ4v) is 5.11. The number of benzene rings is 2. The lowest BCUT2D eigenvalue weighted by atomic mass is 9.95. The molecule has 1 saturated heterocycles. The Morgan fingerprint density at radius 1 is 0.938 bits per heavy atom. The van der Waals surface area contributed by atoms with Crippen LogP contribution >= 0.6 is 23.2 Å². The Hall–Kier alpha value is -2.96. The number of rotatable bonds is 3. The molecule has 0 spiro atoms. The Labute approximate surface area is 196 Å². The maximum atomic E-state index is 6.21. The number of H-pyrrole nitrogens is 2. The van der Waals surface area contributed by atoms with E-state index in [9.17, 15) is 0 Å². The fraction of sp³-hybridized carbons (Fsp3) is 0.250. The summed E-state index contributed by atoms with van der Waals surface area (Å²) in [5.41, 5.74) is 5.24. The van der Waals surface area contributed by atoms with Crippen LogP contribution in [0.15, 0.2) is 54.7 Å². The molecule has 0 amide bonds. The normalized spacial score (nSPS) is 16.8. The van der Waals surface area contributed by atoms with Gasteiger partial charge in [0.1, 0.15) is 12.0 Å². The van der Waals surface area contributed by atoms with Gasteiger partial charge < -0.3 is 15.6 Å². The zero-order valence-corrected chi connectivity index (χ0v) is 18.8. The van der Waals surface area contributed by atoms with Gasteiger partial charge in [-0.2, -0.15) is 0 Å². The van der Waals surface area contributed by atoms with E-state index in [4.69, 9.17) is 28.2 Å². The molecule has 8 heteroatoms. The van der Waals surface area contributed by atoms with Crippen LogP contribution in [0.4, 0.5) is 17.2 Å². The molecule has 0 atom stereocenters. The molecule has 4 N–H and O–H groups in total. The van der Waals surface area contributed by atoms with Gasteiger partial charge in [-0.15, -0.1) is 0 Å². The minimum absolute atomic E-state index is 0.0555. The standard InChI is InChI=1S/C24H22Cl2N6/c25-16-12-20-21(13-17(16)26)31-23(30-20)15-4-3-9-27-24(15)32-10-7-14(8-11-32)22-28-18-5-1-2-6-19(18)29-22/h1-6,9,12-14,23,30-31H,7-8,10-11H2,(H,28,29)/p+1. The Morgan fingerprint density at radius 3 is 2.38 bits per heavy atom. The van der Waals surface area contributed by atoms with Gasteiger partial charge in [0.05, 0.1) is 57.3 Å². The first kappa shape index (κ1) is 19.7. The molecule has 1 fully saturated rings. The number of hydrogen-bond donors (Lipinski definition) is 3. The molecule has 0 radical (unpaired) electrons. The number of piperidine rings is 1. The summed E-state index contributed by atoms with van der Waals surface area (Å²) in [5.74, 6) is 2.68. The van der Waals surface area contributed by atoms with E-state index in [0.29, 0.717) is 16.0 Å². The largest absolute Gasteiger partial charge is 0.360 e. The molecule has 2 aromatic carbocycles. The highest BCUT2D eigenvalue weighted by molar-refractivity contribution is 6.42. The van der Waals surface area contributed by atoms with E-state index < -0.39 is 0 Å². The van der Waals surface area contributed by atoms with Crippen molar-refractivity contribution >= 4 is 51.4 Å². The van der Waals surface area contributed by atoms with Crippen LogP contribution in [0.2, 0.25) is 10.0 Å². The molecule has 0 unspecified atom stereocenters. The van der Waals surface area contributed by atoms with E-state index in [1.165, 1.54) is 0 Å². The summed E-state index contributed by atoms with van der Waals surface area (Å²) in [6.07, 6.45) is 4.04. The highest BCUT2D eigenvalue weighted by Gasteiger charge is 2.33. The zero-order chi connectivity index (χ0) is 21.7. The molecule has 32 heavy (non-hydrogen) atoms. The van der Waals surface area contributed by atoms with Gasteiger partial charge in [0.25, 0.3) is 5.82 Å². The molecule has 2 aliphatic heterocycles. The van der Waals surface area contributed by atoms with Crippen molar-refractivity contribution in [3.63, 3.8) is 0 Å². The van der Waals surface area contributed by atoms with Crippen LogP contribution in [0.3, 0.4) is 0 Å². The second-order valence-corrected chi connectivity index (χ2v) is 9.22. The Balaban J connectivity index is 1.20. The van der Waals surface area contributed by atoms with Crippen molar-refractivity contribution in [1.82, 2.24) is 9.97 Å². The zero-order valence-electron chi connectivity index (χ0n) is 17.3. The number of nitrogens with one attached hydrogen (secondary N) is 4. The summed E-state index contributed by atoms with van der Waals surface area (Å²) in [5, 5.41) is 8.16. The van der Waals surface area contributed by atoms with Crippen LogP contribution in [0.1, 0.15) is 36.3 Å². The number of fused-ring (bicyclic) bond motifs is 2. The van der Waals surface area contributed by atoms with Gasteiger partial charge in [0.15, 0.2) is 0 Å². The van der Waals surface area contributed by atoms with Crippen LogP contribution in [0.5, 0.6) is 0 Å². The van der Waals surface area contributed by atoms with Crippen molar-refractivity contribution in [3.05, 3.63) is 76.2 Å². The molecule has 0 saturated carbocycles.